The Morgan fingerprint density at radius 2 is 1.65 bits per heavy atom. The molecule has 0 bridgehead atoms. The summed E-state index contributed by atoms with van der Waals surface area (Å²) in [5.41, 5.74) is 0. The number of hydrogen-bond donors (Lipinski definition) is 0. The van der Waals surface area contributed by atoms with Crippen LogP contribution in [0.4, 0.5) is 0 Å². The maximum atomic E-state index is 11.9. The number of sulfone groups is 1. The first-order valence-corrected chi connectivity index (χ1v) is 9.76. The molecule has 8 nitrogen and oxygen atoms in total. The van der Waals surface area contributed by atoms with Crippen molar-refractivity contribution in [3.63, 3.8) is 0 Å². The Labute approximate surface area is 119 Å². The molecule has 0 amide bonds. The first-order valence-electron chi connectivity index (χ1n) is 6.09. The van der Waals surface area contributed by atoms with Crippen molar-refractivity contribution in [3.05, 3.63) is 0 Å². The summed E-state index contributed by atoms with van der Waals surface area (Å²) in [4.78, 5) is 13.0. The number of methoxy groups -OCH3 is 1. The third-order valence-electron chi connectivity index (χ3n) is 2.95. The molecule has 1 rings (SSSR count). The summed E-state index contributed by atoms with van der Waals surface area (Å²) >= 11 is 0. The molecule has 1 heterocycles. The predicted molar refractivity (Wildman–Crippen MR) is 73.3 cm³/mol. The third-order valence-corrected chi connectivity index (χ3v) is 7.00. The first kappa shape index (κ1) is 17.3. The highest BCUT2D eigenvalue weighted by Gasteiger charge is 2.29. The van der Waals surface area contributed by atoms with Gasteiger partial charge in [0.1, 0.15) is 0 Å². The van der Waals surface area contributed by atoms with E-state index in [9.17, 15) is 21.6 Å². The van der Waals surface area contributed by atoms with Gasteiger partial charge in [0.2, 0.25) is 10.0 Å². The molecule has 0 aliphatic carbocycles. The minimum Gasteiger partial charge on any atom is -0.469 e. The van der Waals surface area contributed by atoms with Gasteiger partial charge in [-0.15, -0.1) is 0 Å². The fraction of sp³-hybridized carbons (Fsp3) is 0.900. The van der Waals surface area contributed by atoms with E-state index >= 15 is 0 Å². The summed E-state index contributed by atoms with van der Waals surface area (Å²) < 4.78 is 51.7. The molecule has 1 fully saturated rings. The van der Waals surface area contributed by atoms with Crippen LogP contribution in [0, 0.1) is 0 Å². The van der Waals surface area contributed by atoms with E-state index in [2.05, 4.69) is 4.74 Å². The SMILES string of the molecule is COC(=O)CCN1CCN(S(=O)(=O)CS(C)(=O)=O)CC1. The fourth-order valence-corrected chi connectivity index (χ4v) is 5.41. The largest absolute Gasteiger partial charge is 0.469 e. The molecular formula is C10H20N2O6S2. The van der Waals surface area contributed by atoms with Crippen LogP contribution in [0.3, 0.4) is 0 Å². The van der Waals surface area contributed by atoms with Crippen molar-refractivity contribution >= 4 is 25.8 Å². The molecule has 1 aliphatic heterocycles. The molecule has 10 heteroatoms. The van der Waals surface area contributed by atoms with Gasteiger partial charge in [-0.3, -0.25) is 4.79 Å². The Kier molecular flexibility index (Phi) is 5.92. The predicted octanol–water partition coefficient (Wildman–Crippen LogP) is -1.50. The average Bonchev–Trinajstić information content (AvgIpc) is 2.33. The molecule has 1 saturated heterocycles. The molecular weight excluding hydrogens is 308 g/mol. The summed E-state index contributed by atoms with van der Waals surface area (Å²) in [7, 11) is -6.03. The van der Waals surface area contributed by atoms with Crippen molar-refractivity contribution < 1.29 is 26.4 Å². The van der Waals surface area contributed by atoms with Gasteiger partial charge >= 0.3 is 5.97 Å². The number of piperazine rings is 1. The van der Waals surface area contributed by atoms with Gasteiger partial charge in [0.05, 0.1) is 13.5 Å². The van der Waals surface area contributed by atoms with Gasteiger partial charge in [0.25, 0.3) is 0 Å². The van der Waals surface area contributed by atoms with Crippen LogP contribution in [0.25, 0.3) is 0 Å². The lowest BCUT2D eigenvalue weighted by molar-refractivity contribution is -0.141. The van der Waals surface area contributed by atoms with E-state index < -0.39 is 24.9 Å². The van der Waals surface area contributed by atoms with E-state index in [1.165, 1.54) is 11.4 Å². The zero-order valence-corrected chi connectivity index (χ0v) is 13.2. The minimum atomic E-state index is -3.77. The van der Waals surface area contributed by atoms with Gasteiger partial charge in [-0.05, 0) is 0 Å². The van der Waals surface area contributed by atoms with E-state index in [0.29, 0.717) is 19.6 Å². The van der Waals surface area contributed by atoms with Crippen LogP contribution < -0.4 is 0 Å². The van der Waals surface area contributed by atoms with Crippen LogP contribution in [0.2, 0.25) is 0 Å². The molecule has 0 saturated carbocycles. The number of nitrogens with zero attached hydrogens (tertiary/aromatic N) is 2. The molecule has 0 aromatic carbocycles. The molecule has 0 N–H and O–H groups in total. The molecule has 0 atom stereocenters. The van der Waals surface area contributed by atoms with Crippen molar-refractivity contribution in [1.82, 2.24) is 9.21 Å². The number of ether oxygens (including phenoxy) is 1. The van der Waals surface area contributed by atoms with Crippen molar-refractivity contribution in [2.75, 3.05) is 51.2 Å². The summed E-state index contributed by atoms with van der Waals surface area (Å²) in [6.07, 6.45) is 1.16. The monoisotopic (exact) mass is 328 g/mol. The number of rotatable bonds is 6. The first-order chi connectivity index (χ1) is 9.14. The van der Waals surface area contributed by atoms with Crippen molar-refractivity contribution in [2.24, 2.45) is 0 Å². The van der Waals surface area contributed by atoms with Gasteiger partial charge in [-0.1, -0.05) is 0 Å². The molecule has 0 radical (unpaired) electrons. The standard InChI is InChI=1S/C10H20N2O6S2/c1-18-10(13)3-4-11-5-7-12(8-6-11)20(16,17)9-19(2,14)15/h3-9H2,1-2H3. The van der Waals surface area contributed by atoms with Gasteiger partial charge in [0.15, 0.2) is 14.9 Å². The molecule has 0 spiro atoms. The quantitative estimate of drug-likeness (QED) is 0.547. The summed E-state index contributed by atoms with van der Waals surface area (Å²) in [5.74, 6) is -0.308. The third kappa shape index (κ3) is 5.73. The van der Waals surface area contributed by atoms with E-state index in [0.717, 1.165) is 6.26 Å². The van der Waals surface area contributed by atoms with Crippen molar-refractivity contribution in [3.8, 4) is 0 Å². The lowest BCUT2D eigenvalue weighted by atomic mass is 10.3. The second-order valence-electron chi connectivity index (χ2n) is 4.72. The topological polar surface area (TPSA) is 101 Å². The Bertz CT molecular complexity index is 534. The number of carbonyl (C=O) groups is 1. The van der Waals surface area contributed by atoms with Gasteiger partial charge in [-0.25, -0.2) is 16.8 Å². The maximum Gasteiger partial charge on any atom is 0.306 e. The van der Waals surface area contributed by atoms with Crippen LogP contribution in [0.1, 0.15) is 6.42 Å². The molecule has 0 unspecified atom stereocenters. The lowest BCUT2D eigenvalue weighted by Gasteiger charge is -2.33. The lowest BCUT2D eigenvalue weighted by Crippen LogP contribution is -2.50. The second kappa shape index (κ2) is 6.83. The van der Waals surface area contributed by atoms with Crippen LogP contribution in [-0.4, -0.2) is 83.2 Å². The highest BCUT2D eigenvalue weighted by atomic mass is 32.3. The fourth-order valence-electron chi connectivity index (χ4n) is 1.93. The van der Waals surface area contributed by atoms with E-state index in [4.69, 9.17) is 0 Å². The number of hydrogen-bond acceptors (Lipinski definition) is 7. The summed E-state index contributed by atoms with van der Waals surface area (Å²) in [6.45, 7) is 1.92. The summed E-state index contributed by atoms with van der Waals surface area (Å²) in [5, 5.41) is -0.859. The molecule has 1 aliphatic rings. The number of esters is 1. The Hall–Kier alpha value is -0.710. The van der Waals surface area contributed by atoms with Crippen LogP contribution in [-0.2, 0) is 29.4 Å². The van der Waals surface area contributed by atoms with Crippen LogP contribution in [0.5, 0.6) is 0 Å². The average molecular weight is 328 g/mol. The van der Waals surface area contributed by atoms with E-state index in [1.807, 2.05) is 4.90 Å². The zero-order chi connectivity index (χ0) is 15.4. The Balaban J connectivity index is 2.48. The van der Waals surface area contributed by atoms with Crippen LogP contribution >= 0.6 is 0 Å². The molecule has 118 valence electrons. The van der Waals surface area contributed by atoms with Gasteiger partial charge in [-0.2, -0.15) is 4.31 Å². The second-order valence-corrected chi connectivity index (χ2v) is 9.20. The van der Waals surface area contributed by atoms with Crippen molar-refractivity contribution in [1.29, 1.82) is 0 Å². The van der Waals surface area contributed by atoms with Gasteiger partial charge < -0.3 is 9.64 Å². The van der Waals surface area contributed by atoms with E-state index in [1.54, 1.807) is 0 Å². The van der Waals surface area contributed by atoms with Gasteiger partial charge in [0, 0.05) is 39.0 Å². The Morgan fingerprint density at radius 1 is 1.10 bits per heavy atom. The molecule has 0 aromatic rings. The maximum absolute atomic E-state index is 11.9. The highest BCUT2D eigenvalue weighted by molar-refractivity contribution is 8.06. The Morgan fingerprint density at radius 3 is 2.10 bits per heavy atom. The highest BCUT2D eigenvalue weighted by Crippen LogP contribution is 2.10. The van der Waals surface area contributed by atoms with E-state index in [-0.39, 0.29) is 25.5 Å². The molecule has 20 heavy (non-hydrogen) atoms. The zero-order valence-electron chi connectivity index (χ0n) is 11.6. The van der Waals surface area contributed by atoms with Crippen molar-refractivity contribution in [2.45, 2.75) is 6.42 Å². The normalized spacial score (nSPS) is 18.9. The smallest absolute Gasteiger partial charge is 0.306 e. The summed E-state index contributed by atoms with van der Waals surface area (Å²) in [6, 6.07) is 0. The molecule has 0 aromatic heterocycles. The van der Waals surface area contributed by atoms with Crippen LogP contribution in [0.15, 0.2) is 0 Å². The number of carbonyl (C=O) groups excluding carboxylic acids is 1. The number of sulfonamides is 1. The minimum absolute atomic E-state index is 0.235.